The maximum atomic E-state index is 8.52. The zero-order valence-corrected chi connectivity index (χ0v) is 19.8. The quantitative estimate of drug-likeness (QED) is 0.157. The molecule has 0 aliphatic carbocycles. The van der Waals surface area contributed by atoms with Crippen molar-refractivity contribution < 1.29 is 176 Å². The SMILES string of the molecule is O.O.O.O.O.O.O=S(=O)([O-])[O-].O=S(=O)([O-])[O-].[Cr+3].[OH3+].[OH3+].[OH3+].[OH3+].[OH3+].[OH3+].[Rb+]. The van der Waals surface area contributed by atoms with Crippen molar-refractivity contribution in [2.45, 2.75) is 0 Å². The maximum Gasteiger partial charge on any atom is 3.00 e. The van der Waals surface area contributed by atoms with Gasteiger partial charge in [-0.2, -0.15) is 0 Å². The molecule has 0 aromatic rings. The molecular weight excluding hydrogens is 522 g/mol. The smallest absolute Gasteiger partial charge is 0.759 e. The second-order valence-electron chi connectivity index (χ2n) is 0.816. The fraction of sp³-hybridized carbons (Fsp3) is 0. The standard InChI is InChI=1S/Cr.2H2O4S.12H2O.Rb/c;2*1-5(2,3)4;;;;;;;;;;;;;/h;2*(H2,1,2,3,4);12*1H2;/q+3;;;;;;;;;;;;;;;+1/p+2. The van der Waals surface area contributed by atoms with Crippen molar-refractivity contribution in [3.63, 3.8) is 0 Å². The average Bonchev–Trinajstić information content (AvgIpc) is 1.12. The van der Waals surface area contributed by atoms with Crippen molar-refractivity contribution in [1.82, 2.24) is 0 Å². The van der Waals surface area contributed by atoms with E-state index in [-0.39, 0.29) is 141 Å². The number of hydrogen-bond acceptors (Lipinski definition) is 8. The molecule has 0 fully saturated rings. The van der Waals surface area contributed by atoms with Gasteiger partial charge in [0.15, 0.2) is 0 Å². The van der Waals surface area contributed by atoms with Crippen LogP contribution in [0.25, 0.3) is 0 Å². The minimum absolute atomic E-state index is 0. The average molecular weight is 552 g/mol. The molecule has 163 valence electrons. The third-order valence-corrected chi connectivity index (χ3v) is 0. The molecule has 0 unspecified atom stereocenters. The first-order chi connectivity index (χ1) is 4.00. The molecule has 0 rings (SSSR count). The molecule has 0 heterocycles. The van der Waals surface area contributed by atoms with Gasteiger partial charge in [0.2, 0.25) is 0 Å². The van der Waals surface area contributed by atoms with Crippen molar-refractivity contribution in [3.8, 4) is 0 Å². The van der Waals surface area contributed by atoms with E-state index >= 15 is 0 Å². The van der Waals surface area contributed by atoms with Gasteiger partial charge in [-0.05, 0) is 0 Å². The third-order valence-electron chi connectivity index (χ3n) is 0. The predicted molar refractivity (Wildman–Crippen MR) is 71.9 cm³/mol. The van der Waals surface area contributed by atoms with E-state index in [2.05, 4.69) is 0 Å². The molecule has 24 heteroatoms. The summed E-state index contributed by atoms with van der Waals surface area (Å²) < 4.78 is 68.2. The van der Waals surface area contributed by atoms with E-state index in [9.17, 15) is 0 Å². The van der Waals surface area contributed by atoms with Crippen LogP contribution in [0.1, 0.15) is 0 Å². The van der Waals surface area contributed by atoms with E-state index in [1.54, 1.807) is 0 Å². The molecule has 0 aliphatic rings. The summed E-state index contributed by atoms with van der Waals surface area (Å²) in [5.74, 6) is 0. The largest absolute Gasteiger partial charge is 3.00 e. The van der Waals surface area contributed by atoms with Gasteiger partial charge in [0.25, 0.3) is 0 Å². The molecule has 30 N–H and O–H groups in total. The van der Waals surface area contributed by atoms with Crippen LogP contribution in [0, 0.1) is 0 Å². The van der Waals surface area contributed by atoms with Gasteiger partial charge >= 0.3 is 75.5 Å². The second-order valence-corrected chi connectivity index (χ2v) is 2.45. The van der Waals surface area contributed by atoms with Crippen molar-refractivity contribution in [1.29, 1.82) is 0 Å². The van der Waals surface area contributed by atoms with Crippen LogP contribution < -0.4 is 58.2 Å². The Hall–Kier alpha value is 1.60. The van der Waals surface area contributed by atoms with Crippen LogP contribution in [0.3, 0.4) is 0 Å². The van der Waals surface area contributed by atoms with Gasteiger partial charge in [-0.25, -0.2) is 0 Å². The molecule has 0 atom stereocenters. The van der Waals surface area contributed by atoms with Crippen LogP contribution in [-0.2, 0) is 71.0 Å². The van der Waals surface area contributed by atoms with E-state index in [0.29, 0.717) is 0 Å². The van der Waals surface area contributed by atoms with E-state index in [0.717, 1.165) is 0 Å². The summed E-state index contributed by atoms with van der Waals surface area (Å²) in [5, 5.41) is 0. The second kappa shape index (κ2) is 74.1. The molecule has 0 spiro atoms. The molecule has 0 aromatic carbocycles. The van der Waals surface area contributed by atoms with Crippen LogP contribution >= 0.6 is 0 Å². The first-order valence-corrected chi connectivity index (χ1v) is 4.00. The van der Waals surface area contributed by atoms with E-state index in [1.165, 1.54) is 0 Å². The van der Waals surface area contributed by atoms with E-state index < -0.39 is 20.8 Å². The molecule has 0 amide bonds. The summed E-state index contributed by atoms with van der Waals surface area (Å²) in [6.45, 7) is 0. The van der Waals surface area contributed by atoms with E-state index in [1.807, 2.05) is 0 Å². The summed E-state index contributed by atoms with van der Waals surface area (Å²) in [4.78, 5) is 0. The zero-order chi connectivity index (χ0) is 9.00. The maximum absolute atomic E-state index is 8.52. The van der Waals surface area contributed by atoms with Crippen molar-refractivity contribution in [3.05, 3.63) is 0 Å². The predicted octanol–water partition coefficient (Wildman–Crippen LogP) is -16.2. The minimum atomic E-state index is -5.17. The number of rotatable bonds is 0. The molecule has 0 aliphatic heterocycles. The zero-order valence-electron chi connectivity index (χ0n) is 12.0. The van der Waals surface area contributed by atoms with Gasteiger partial charge < -0.3 is 83.9 Å². The van der Waals surface area contributed by atoms with Crippen LogP contribution in [0.15, 0.2) is 0 Å². The fourth-order valence-electron chi connectivity index (χ4n) is 0. The van der Waals surface area contributed by atoms with Gasteiger partial charge in [0.05, 0.1) is 0 Å². The Morgan fingerprint density at radius 3 is 0.417 bits per heavy atom. The normalized spacial score (nSPS) is 4.83. The Balaban J connectivity index is -0.00000000241. The molecule has 0 saturated carbocycles. The van der Waals surface area contributed by atoms with Gasteiger partial charge in [0, 0.05) is 20.8 Å². The molecule has 20 nitrogen and oxygen atoms in total. The first kappa shape index (κ1) is 168. The summed E-state index contributed by atoms with van der Waals surface area (Å²) in [6.07, 6.45) is 0. The van der Waals surface area contributed by atoms with Crippen molar-refractivity contribution >= 4 is 20.8 Å². The van der Waals surface area contributed by atoms with Crippen LogP contribution in [0.5, 0.6) is 0 Å². The molecular formula is H30CrO20RbS2+6. The van der Waals surface area contributed by atoms with Gasteiger partial charge in [-0.1, -0.05) is 0 Å². The molecule has 0 aromatic heterocycles. The van der Waals surface area contributed by atoms with Crippen molar-refractivity contribution in [2.75, 3.05) is 0 Å². The molecule has 1 radical (unpaired) electrons. The fourth-order valence-corrected chi connectivity index (χ4v) is 0. The number of hydrogen-bond donors (Lipinski definition) is 0. The van der Waals surface area contributed by atoms with Crippen LogP contribution in [0.2, 0.25) is 0 Å². The topological polar surface area (TPSA) is 548 Å². The molecule has 0 bridgehead atoms. The minimum Gasteiger partial charge on any atom is -0.759 e. The summed E-state index contributed by atoms with van der Waals surface area (Å²) in [5.41, 5.74) is 0. The van der Waals surface area contributed by atoms with Gasteiger partial charge in [-0.3, -0.25) is 16.8 Å². The van der Waals surface area contributed by atoms with Crippen LogP contribution in [-0.4, -0.2) is 67.9 Å². The third kappa shape index (κ3) is 4720. The van der Waals surface area contributed by atoms with Crippen molar-refractivity contribution in [2.24, 2.45) is 0 Å². The molecule has 24 heavy (non-hydrogen) atoms. The Kier molecular flexibility index (Phi) is 519. The summed E-state index contributed by atoms with van der Waals surface area (Å²) in [6, 6.07) is 0. The molecule has 0 saturated heterocycles. The Morgan fingerprint density at radius 2 is 0.417 bits per heavy atom. The Morgan fingerprint density at radius 1 is 0.417 bits per heavy atom. The van der Waals surface area contributed by atoms with Gasteiger partial charge in [-0.15, -0.1) is 0 Å². The van der Waals surface area contributed by atoms with Gasteiger partial charge in [0.1, 0.15) is 0 Å². The Labute approximate surface area is 195 Å². The summed E-state index contributed by atoms with van der Waals surface area (Å²) >= 11 is 0. The monoisotopic (exact) mass is 551 g/mol. The first-order valence-electron chi connectivity index (χ1n) is 1.33. The summed E-state index contributed by atoms with van der Waals surface area (Å²) in [7, 11) is -10.3. The van der Waals surface area contributed by atoms with Crippen LogP contribution in [0.4, 0.5) is 0 Å². The van der Waals surface area contributed by atoms with E-state index in [4.69, 9.17) is 35.0 Å². The Bertz CT molecular complexity index is 218.